The maximum Gasteiger partial charge on any atom is 0.257 e. The molecule has 0 spiro atoms. The molecule has 1 saturated heterocycles. The number of aromatic hydroxyl groups is 1. The highest BCUT2D eigenvalue weighted by molar-refractivity contribution is 5.97. The Morgan fingerprint density at radius 3 is 2.47 bits per heavy atom. The Morgan fingerprint density at radius 1 is 1.26 bits per heavy atom. The molecular formula is C14H18N2O3. The van der Waals surface area contributed by atoms with E-state index in [2.05, 4.69) is 5.32 Å². The van der Waals surface area contributed by atoms with E-state index in [9.17, 15) is 14.7 Å². The van der Waals surface area contributed by atoms with E-state index in [4.69, 9.17) is 0 Å². The average Bonchev–Trinajstić information content (AvgIpc) is 2.46. The van der Waals surface area contributed by atoms with Crippen LogP contribution in [0.15, 0.2) is 24.3 Å². The second-order valence-electron chi connectivity index (χ2n) is 4.70. The summed E-state index contributed by atoms with van der Waals surface area (Å²) in [5.74, 6) is -0.151. The van der Waals surface area contributed by atoms with Gasteiger partial charge in [0.1, 0.15) is 5.75 Å². The van der Waals surface area contributed by atoms with Crippen molar-refractivity contribution in [1.82, 2.24) is 10.2 Å². The van der Waals surface area contributed by atoms with Crippen LogP contribution in [0.25, 0.3) is 0 Å². The number of carbonyl (C=O) groups is 2. The molecule has 102 valence electrons. The predicted molar refractivity (Wildman–Crippen MR) is 70.8 cm³/mol. The zero-order chi connectivity index (χ0) is 13.8. The van der Waals surface area contributed by atoms with Crippen molar-refractivity contribution in [1.29, 1.82) is 0 Å². The van der Waals surface area contributed by atoms with Crippen LogP contribution < -0.4 is 5.32 Å². The van der Waals surface area contributed by atoms with Crippen molar-refractivity contribution < 1.29 is 14.7 Å². The molecule has 1 aromatic rings. The van der Waals surface area contributed by atoms with Gasteiger partial charge in [-0.25, -0.2) is 0 Å². The number of para-hydroxylation sites is 1. The number of phenolic OH excluding ortho intramolecular Hbond substituents is 1. The maximum absolute atomic E-state index is 12.2. The molecule has 0 aliphatic carbocycles. The summed E-state index contributed by atoms with van der Waals surface area (Å²) in [6.07, 6.45) is 1.33. The van der Waals surface area contributed by atoms with E-state index in [1.165, 1.54) is 6.07 Å². The van der Waals surface area contributed by atoms with Crippen LogP contribution in [0.4, 0.5) is 0 Å². The van der Waals surface area contributed by atoms with Crippen LogP contribution in [-0.2, 0) is 4.79 Å². The first-order valence-corrected chi connectivity index (χ1v) is 6.42. The van der Waals surface area contributed by atoms with Crippen molar-refractivity contribution in [3.8, 4) is 5.75 Å². The summed E-state index contributed by atoms with van der Waals surface area (Å²) < 4.78 is 0. The molecule has 0 radical (unpaired) electrons. The van der Waals surface area contributed by atoms with Gasteiger partial charge in [-0.2, -0.15) is 0 Å². The minimum Gasteiger partial charge on any atom is -0.507 e. The van der Waals surface area contributed by atoms with Crippen LogP contribution in [0.3, 0.4) is 0 Å². The summed E-state index contributed by atoms with van der Waals surface area (Å²) in [6, 6.07) is 6.53. The Labute approximate surface area is 112 Å². The lowest BCUT2D eigenvalue weighted by Gasteiger charge is -2.31. The molecule has 0 aromatic heterocycles. The molecular weight excluding hydrogens is 244 g/mol. The number of rotatable bonds is 2. The minimum absolute atomic E-state index is 0.000856. The molecule has 1 aliphatic rings. The van der Waals surface area contributed by atoms with E-state index in [1.807, 2.05) is 0 Å². The molecule has 0 atom stereocenters. The molecule has 2 amide bonds. The number of piperidine rings is 1. The van der Waals surface area contributed by atoms with E-state index in [1.54, 1.807) is 30.1 Å². The number of nitrogens with one attached hydrogen (secondary N) is 1. The van der Waals surface area contributed by atoms with Crippen LogP contribution in [0.1, 0.15) is 23.2 Å². The van der Waals surface area contributed by atoms with Crippen molar-refractivity contribution in [3.05, 3.63) is 29.8 Å². The van der Waals surface area contributed by atoms with Gasteiger partial charge >= 0.3 is 0 Å². The largest absolute Gasteiger partial charge is 0.507 e. The molecule has 1 aliphatic heterocycles. The normalized spacial score (nSPS) is 16.2. The quantitative estimate of drug-likeness (QED) is 0.835. The van der Waals surface area contributed by atoms with Gasteiger partial charge in [0.05, 0.1) is 5.56 Å². The standard InChI is InChI=1S/C14H18N2O3/c1-15-13(18)10-6-8-16(9-7-10)14(19)11-4-2-3-5-12(11)17/h2-5,10,17H,6-9H2,1H3,(H,15,18). The zero-order valence-corrected chi connectivity index (χ0v) is 10.9. The highest BCUT2D eigenvalue weighted by atomic mass is 16.3. The van der Waals surface area contributed by atoms with E-state index >= 15 is 0 Å². The Balaban J connectivity index is 2.00. The highest BCUT2D eigenvalue weighted by Gasteiger charge is 2.27. The van der Waals surface area contributed by atoms with Gasteiger partial charge in [0.2, 0.25) is 5.91 Å². The molecule has 1 fully saturated rings. The van der Waals surface area contributed by atoms with E-state index in [0.717, 1.165) is 0 Å². The van der Waals surface area contributed by atoms with E-state index < -0.39 is 0 Å². The Hall–Kier alpha value is -2.04. The topological polar surface area (TPSA) is 69.6 Å². The van der Waals surface area contributed by atoms with Gasteiger partial charge in [-0.05, 0) is 25.0 Å². The average molecular weight is 262 g/mol. The molecule has 19 heavy (non-hydrogen) atoms. The van der Waals surface area contributed by atoms with Gasteiger partial charge in [0.15, 0.2) is 0 Å². The highest BCUT2D eigenvalue weighted by Crippen LogP contribution is 2.22. The summed E-state index contributed by atoms with van der Waals surface area (Å²) in [5, 5.41) is 12.3. The lowest BCUT2D eigenvalue weighted by atomic mass is 9.95. The summed E-state index contributed by atoms with van der Waals surface area (Å²) >= 11 is 0. The smallest absolute Gasteiger partial charge is 0.257 e. The first kappa shape index (κ1) is 13.4. The molecule has 0 bridgehead atoms. The van der Waals surface area contributed by atoms with E-state index in [-0.39, 0.29) is 23.5 Å². The monoisotopic (exact) mass is 262 g/mol. The van der Waals surface area contributed by atoms with Crippen molar-refractivity contribution in [2.75, 3.05) is 20.1 Å². The van der Waals surface area contributed by atoms with Crippen molar-refractivity contribution in [3.63, 3.8) is 0 Å². The second kappa shape index (κ2) is 5.73. The fourth-order valence-corrected chi connectivity index (χ4v) is 2.37. The molecule has 5 nitrogen and oxygen atoms in total. The first-order valence-electron chi connectivity index (χ1n) is 6.42. The number of carbonyl (C=O) groups excluding carboxylic acids is 2. The fraction of sp³-hybridized carbons (Fsp3) is 0.429. The van der Waals surface area contributed by atoms with Gasteiger partial charge in [-0.15, -0.1) is 0 Å². The van der Waals surface area contributed by atoms with Crippen LogP contribution >= 0.6 is 0 Å². The molecule has 1 aromatic carbocycles. The number of benzene rings is 1. The van der Waals surface area contributed by atoms with Gasteiger partial charge in [-0.3, -0.25) is 9.59 Å². The minimum atomic E-state index is -0.173. The Bertz CT molecular complexity index is 479. The SMILES string of the molecule is CNC(=O)C1CCN(C(=O)c2ccccc2O)CC1. The number of phenols is 1. The van der Waals surface area contributed by atoms with Gasteiger partial charge < -0.3 is 15.3 Å². The Kier molecular flexibility index (Phi) is 4.04. The third-order valence-corrected chi connectivity index (χ3v) is 3.53. The summed E-state index contributed by atoms with van der Waals surface area (Å²) in [4.78, 5) is 25.4. The Morgan fingerprint density at radius 2 is 1.89 bits per heavy atom. The second-order valence-corrected chi connectivity index (χ2v) is 4.70. The molecule has 2 N–H and O–H groups in total. The third kappa shape index (κ3) is 2.86. The van der Waals surface area contributed by atoms with Crippen LogP contribution in [0.5, 0.6) is 5.75 Å². The molecule has 5 heteroatoms. The van der Waals surface area contributed by atoms with Gasteiger partial charge in [-0.1, -0.05) is 12.1 Å². The summed E-state index contributed by atoms with van der Waals surface area (Å²) in [7, 11) is 1.63. The maximum atomic E-state index is 12.2. The summed E-state index contributed by atoms with van der Waals surface area (Å²) in [5.41, 5.74) is 0.320. The lowest BCUT2D eigenvalue weighted by Crippen LogP contribution is -2.42. The number of likely N-dealkylation sites (tertiary alicyclic amines) is 1. The van der Waals surface area contributed by atoms with Crippen LogP contribution in [0.2, 0.25) is 0 Å². The van der Waals surface area contributed by atoms with E-state index in [0.29, 0.717) is 31.5 Å². The van der Waals surface area contributed by atoms with Crippen molar-refractivity contribution in [2.45, 2.75) is 12.8 Å². The van der Waals surface area contributed by atoms with Crippen molar-refractivity contribution >= 4 is 11.8 Å². The van der Waals surface area contributed by atoms with Crippen LogP contribution in [0, 0.1) is 5.92 Å². The number of hydrogen-bond acceptors (Lipinski definition) is 3. The van der Waals surface area contributed by atoms with Crippen molar-refractivity contribution in [2.24, 2.45) is 5.92 Å². The zero-order valence-electron chi connectivity index (χ0n) is 10.9. The first-order chi connectivity index (χ1) is 9.13. The number of amides is 2. The lowest BCUT2D eigenvalue weighted by molar-refractivity contribution is -0.125. The fourth-order valence-electron chi connectivity index (χ4n) is 2.37. The molecule has 0 unspecified atom stereocenters. The third-order valence-electron chi connectivity index (χ3n) is 3.53. The predicted octanol–water partition coefficient (Wildman–Crippen LogP) is 0.990. The van der Waals surface area contributed by atoms with Gasteiger partial charge in [0, 0.05) is 26.1 Å². The molecule has 1 heterocycles. The summed E-state index contributed by atoms with van der Waals surface area (Å²) in [6.45, 7) is 1.09. The molecule has 0 saturated carbocycles. The number of nitrogens with zero attached hydrogens (tertiary/aromatic N) is 1. The number of hydrogen-bond donors (Lipinski definition) is 2. The molecule has 2 rings (SSSR count). The van der Waals surface area contributed by atoms with Gasteiger partial charge in [0.25, 0.3) is 5.91 Å². The van der Waals surface area contributed by atoms with Crippen LogP contribution in [-0.4, -0.2) is 42.0 Å².